The molecule has 1 saturated carbocycles. The van der Waals surface area contributed by atoms with Crippen molar-refractivity contribution in [3.05, 3.63) is 52.1 Å². The fraction of sp³-hybridized carbons (Fsp3) is 0.552. The molecule has 7 heteroatoms. The molecule has 1 unspecified atom stereocenters. The summed E-state index contributed by atoms with van der Waals surface area (Å²) in [6.45, 7) is 6.93. The van der Waals surface area contributed by atoms with Gasteiger partial charge in [-0.15, -0.1) is 0 Å². The normalized spacial score (nSPS) is 18.0. The van der Waals surface area contributed by atoms with Gasteiger partial charge < -0.3 is 19.8 Å². The Balaban J connectivity index is 1.48. The van der Waals surface area contributed by atoms with Crippen LogP contribution in [0.2, 0.25) is 0 Å². The van der Waals surface area contributed by atoms with Crippen molar-refractivity contribution in [2.45, 2.75) is 71.9 Å². The Morgan fingerprint density at radius 1 is 1.28 bits per heavy atom. The van der Waals surface area contributed by atoms with E-state index in [2.05, 4.69) is 66.9 Å². The first-order valence-electron chi connectivity index (χ1n) is 13.2. The number of nitrogens with one attached hydrogen (secondary N) is 2. The highest BCUT2D eigenvalue weighted by Crippen LogP contribution is 2.38. The number of amides is 1. The summed E-state index contributed by atoms with van der Waals surface area (Å²) < 4.78 is 2.16. The Bertz CT molecular complexity index is 1330. The molecule has 2 aromatic heterocycles. The van der Waals surface area contributed by atoms with E-state index in [9.17, 15) is 9.59 Å². The summed E-state index contributed by atoms with van der Waals surface area (Å²) in [4.78, 5) is 37.0. The Labute approximate surface area is 213 Å². The van der Waals surface area contributed by atoms with Gasteiger partial charge in [0.1, 0.15) is 11.5 Å². The number of rotatable bonds is 8. The number of hydrogen-bond donors (Lipinski definition) is 2. The number of fused-ring (bicyclic) bond motifs is 2. The molecule has 2 heterocycles. The Hall–Kier alpha value is -2.93. The van der Waals surface area contributed by atoms with Gasteiger partial charge in [0.2, 0.25) is 0 Å². The summed E-state index contributed by atoms with van der Waals surface area (Å²) in [6.07, 6.45) is 5.76. The third kappa shape index (κ3) is 4.73. The summed E-state index contributed by atoms with van der Waals surface area (Å²) in [5.74, 6) is 1.61. The molecule has 2 N–H and O–H groups in total. The van der Waals surface area contributed by atoms with E-state index < -0.39 is 0 Å². The zero-order valence-electron chi connectivity index (χ0n) is 22.5. The first-order chi connectivity index (χ1) is 17.0. The molecular formula is C29H39N5O2. The van der Waals surface area contributed by atoms with Crippen LogP contribution in [0.1, 0.15) is 95.5 Å². The van der Waals surface area contributed by atoms with E-state index in [0.29, 0.717) is 17.7 Å². The van der Waals surface area contributed by atoms with E-state index >= 15 is 0 Å². The SMILES string of the molecule is Cc1c(C(=O)NC(CCC2CC2)c2nc3cccc(CN(C)C)c3n2C)[nH]c2c1C(=O)CC(C)(C)C2. The van der Waals surface area contributed by atoms with Crippen molar-refractivity contribution in [1.82, 2.24) is 24.8 Å². The van der Waals surface area contributed by atoms with Crippen LogP contribution in [-0.2, 0) is 20.0 Å². The number of hydrogen-bond acceptors (Lipinski definition) is 4. The lowest BCUT2D eigenvalue weighted by Crippen LogP contribution is -2.31. The third-order valence-corrected chi connectivity index (χ3v) is 7.80. The van der Waals surface area contributed by atoms with Crippen molar-refractivity contribution in [3.63, 3.8) is 0 Å². The number of ketones is 1. The maximum atomic E-state index is 13.6. The van der Waals surface area contributed by atoms with Crippen LogP contribution in [0, 0.1) is 18.3 Å². The van der Waals surface area contributed by atoms with Crippen LogP contribution in [0.15, 0.2) is 18.2 Å². The molecule has 1 fully saturated rings. The number of carbonyl (C=O) groups excluding carboxylic acids is 2. The molecule has 5 rings (SSSR count). The van der Waals surface area contributed by atoms with Gasteiger partial charge in [-0.1, -0.05) is 38.8 Å². The van der Waals surface area contributed by atoms with Gasteiger partial charge in [0.25, 0.3) is 5.91 Å². The van der Waals surface area contributed by atoms with Crippen molar-refractivity contribution in [3.8, 4) is 0 Å². The molecular weight excluding hydrogens is 450 g/mol. The minimum atomic E-state index is -0.199. The number of carbonyl (C=O) groups is 2. The van der Waals surface area contributed by atoms with Crippen molar-refractivity contribution in [1.29, 1.82) is 0 Å². The van der Waals surface area contributed by atoms with E-state index in [1.165, 1.54) is 18.4 Å². The smallest absolute Gasteiger partial charge is 0.268 e. The molecule has 7 nitrogen and oxygen atoms in total. The molecule has 3 aromatic rings. The quantitative estimate of drug-likeness (QED) is 0.462. The van der Waals surface area contributed by atoms with Crippen molar-refractivity contribution in [2.75, 3.05) is 14.1 Å². The average molecular weight is 490 g/mol. The van der Waals surface area contributed by atoms with Crippen LogP contribution < -0.4 is 5.32 Å². The summed E-state index contributed by atoms with van der Waals surface area (Å²) in [6, 6.07) is 6.06. The largest absolute Gasteiger partial charge is 0.354 e. The topological polar surface area (TPSA) is 83.0 Å². The first-order valence-corrected chi connectivity index (χ1v) is 13.2. The van der Waals surface area contributed by atoms with E-state index in [-0.39, 0.29) is 23.1 Å². The van der Waals surface area contributed by atoms with E-state index in [4.69, 9.17) is 4.98 Å². The maximum Gasteiger partial charge on any atom is 0.268 e. The van der Waals surface area contributed by atoms with Crippen LogP contribution >= 0.6 is 0 Å². The minimum Gasteiger partial charge on any atom is -0.354 e. The predicted molar refractivity (Wildman–Crippen MR) is 142 cm³/mol. The predicted octanol–water partition coefficient (Wildman–Crippen LogP) is 5.09. The van der Waals surface area contributed by atoms with Gasteiger partial charge in [-0.05, 0) is 68.8 Å². The third-order valence-electron chi connectivity index (χ3n) is 7.80. The molecule has 2 aliphatic rings. The standard InChI is InChI=1S/C29H39N5O2/c1-17-24-22(14-29(2,3)15-23(24)35)30-25(17)28(36)32-21(13-12-18-10-11-18)27-31-20-9-7-8-19(16-33(4)5)26(20)34(27)6/h7-9,18,21,30H,10-16H2,1-6H3,(H,32,36). The van der Waals surface area contributed by atoms with Crippen LogP contribution in [-0.4, -0.2) is 45.2 Å². The van der Waals surface area contributed by atoms with Crippen molar-refractivity contribution < 1.29 is 9.59 Å². The second kappa shape index (κ2) is 9.18. The lowest BCUT2D eigenvalue weighted by atomic mass is 9.75. The molecule has 0 spiro atoms. The molecule has 2 aliphatic carbocycles. The van der Waals surface area contributed by atoms with E-state index in [0.717, 1.165) is 59.8 Å². The number of imidazole rings is 1. The highest BCUT2D eigenvalue weighted by molar-refractivity contribution is 6.04. The van der Waals surface area contributed by atoms with E-state index in [1.54, 1.807) is 0 Å². The zero-order valence-corrected chi connectivity index (χ0v) is 22.5. The molecule has 36 heavy (non-hydrogen) atoms. The van der Waals surface area contributed by atoms with Crippen LogP contribution in [0.25, 0.3) is 11.0 Å². The Kier molecular flexibility index (Phi) is 6.31. The monoisotopic (exact) mass is 489 g/mol. The maximum absolute atomic E-state index is 13.6. The fourth-order valence-corrected chi connectivity index (χ4v) is 5.91. The van der Waals surface area contributed by atoms with Gasteiger partial charge in [-0.2, -0.15) is 0 Å². The van der Waals surface area contributed by atoms with Gasteiger partial charge in [-0.3, -0.25) is 9.59 Å². The number of nitrogens with zero attached hydrogens (tertiary/aromatic N) is 3. The molecule has 1 atom stereocenters. The molecule has 192 valence electrons. The fourth-order valence-electron chi connectivity index (χ4n) is 5.91. The lowest BCUT2D eigenvalue weighted by Gasteiger charge is -2.28. The van der Waals surface area contributed by atoms with Gasteiger partial charge in [-0.25, -0.2) is 4.98 Å². The summed E-state index contributed by atoms with van der Waals surface area (Å²) in [5, 5.41) is 3.31. The number of H-pyrrole nitrogens is 1. The van der Waals surface area contributed by atoms with Crippen LogP contribution in [0.3, 0.4) is 0 Å². The van der Waals surface area contributed by atoms with Gasteiger partial charge in [0, 0.05) is 31.3 Å². The number of aromatic nitrogens is 3. The number of aromatic amines is 1. The number of para-hydroxylation sites is 1. The zero-order chi connectivity index (χ0) is 25.8. The molecule has 0 bridgehead atoms. The summed E-state index contributed by atoms with van der Waals surface area (Å²) >= 11 is 0. The number of benzene rings is 1. The Morgan fingerprint density at radius 3 is 2.72 bits per heavy atom. The van der Waals surface area contributed by atoms with Gasteiger partial charge in [0.05, 0.1) is 17.1 Å². The van der Waals surface area contributed by atoms with Gasteiger partial charge >= 0.3 is 0 Å². The minimum absolute atomic E-state index is 0.0980. The molecule has 1 aromatic carbocycles. The van der Waals surface area contributed by atoms with Crippen LogP contribution in [0.5, 0.6) is 0 Å². The Morgan fingerprint density at radius 2 is 2.03 bits per heavy atom. The van der Waals surface area contributed by atoms with Crippen LogP contribution in [0.4, 0.5) is 0 Å². The van der Waals surface area contributed by atoms with Crippen molar-refractivity contribution >= 4 is 22.7 Å². The number of aryl methyl sites for hydroxylation is 1. The molecule has 0 aliphatic heterocycles. The second-order valence-electron chi connectivity index (χ2n) is 12.0. The highest BCUT2D eigenvalue weighted by atomic mass is 16.2. The molecule has 0 radical (unpaired) electrons. The van der Waals surface area contributed by atoms with E-state index in [1.807, 2.05) is 13.0 Å². The molecule has 0 saturated heterocycles. The molecule has 1 amide bonds. The van der Waals surface area contributed by atoms with Gasteiger partial charge in [0.15, 0.2) is 5.78 Å². The second-order valence-corrected chi connectivity index (χ2v) is 12.0. The highest BCUT2D eigenvalue weighted by Gasteiger charge is 2.36. The lowest BCUT2D eigenvalue weighted by molar-refractivity contribution is 0.0908. The van der Waals surface area contributed by atoms with Crippen molar-refractivity contribution in [2.24, 2.45) is 18.4 Å². The summed E-state index contributed by atoms with van der Waals surface area (Å²) in [7, 11) is 6.19. The number of Topliss-reactive ketones (excluding diaryl/α,β-unsaturated/α-hetero) is 1. The average Bonchev–Trinajstić information content (AvgIpc) is 3.47. The summed E-state index contributed by atoms with van der Waals surface area (Å²) in [5.41, 5.74) is 6.08. The first kappa shape index (κ1) is 24.8.